The SMILES string of the molecule is CCC(O)CCCNCC1CCCC(C)C1. The van der Waals surface area contributed by atoms with Crippen LogP contribution in [0.5, 0.6) is 0 Å². The first kappa shape index (κ1) is 14.0. The first-order chi connectivity index (χ1) is 7.72. The Hall–Kier alpha value is -0.0800. The van der Waals surface area contributed by atoms with Gasteiger partial charge in [-0.25, -0.2) is 0 Å². The van der Waals surface area contributed by atoms with E-state index in [2.05, 4.69) is 12.2 Å². The van der Waals surface area contributed by atoms with Gasteiger partial charge in [-0.3, -0.25) is 0 Å². The summed E-state index contributed by atoms with van der Waals surface area (Å²) in [7, 11) is 0. The van der Waals surface area contributed by atoms with Crippen LogP contribution < -0.4 is 5.32 Å². The van der Waals surface area contributed by atoms with Crippen LogP contribution in [0.4, 0.5) is 0 Å². The highest BCUT2D eigenvalue weighted by atomic mass is 16.3. The van der Waals surface area contributed by atoms with Crippen LogP contribution in [0.3, 0.4) is 0 Å². The lowest BCUT2D eigenvalue weighted by atomic mass is 9.82. The Morgan fingerprint density at radius 3 is 2.88 bits per heavy atom. The maximum atomic E-state index is 9.41. The predicted molar refractivity (Wildman–Crippen MR) is 69.5 cm³/mol. The summed E-state index contributed by atoms with van der Waals surface area (Å²) in [6.45, 7) is 6.68. The molecule has 0 saturated heterocycles. The van der Waals surface area contributed by atoms with Crippen molar-refractivity contribution in [3.8, 4) is 0 Å². The van der Waals surface area contributed by atoms with Gasteiger partial charge in [-0.15, -0.1) is 0 Å². The highest BCUT2D eigenvalue weighted by Crippen LogP contribution is 2.27. The molecule has 0 aromatic carbocycles. The van der Waals surface area contributed by atoms with Crippen LogP contribution in [0.2, 0.25) is 0 Å². The average Bonchev–Trinajstić information content (AvgIpc) is 2.28. The molecule has 1 aliphatic rings. The second-order valence-electron chi connectivity index (χ2n) is 5.55. The molecule has 0 aromatic rings. The number of hydrogen-bond acceptors (Lipinski definition) is 2. The molecular weight excluding hydrogens is 198 g/mol. The lowest BCUT2D eigenvalue weighted by Crippen LogP contribution is -2.27. The molecule has 96 valence electrons. The van der Waals surface area contributed by atoms with E-state index < -0.39 is 0 Å². The summed E-state index contributed by atoms with van der Waals surface area (Å²) in [6, 6.07) is 0. The van der Waals surface area contributed by atoms with Crippen molar-refractivity contribution in [1.29, 1.82) is 0 Å². The molecule has 0 heterocycles. The molecule has 0 bridgehead atoms. The molecule has 0 aliphatic heterocycles. The molecule has 0 amide bonds. The molecule has 1 fully saturated rings. The molecule has 2 nitrogen and oxygen atoms in total. The topological polar surface area (TPSA) is 32.3 Å². The van der Waals surface area contributed by atoms with E-state index in [0.29, 0.717) is 0 Å². The van der Waals surface area contributed by atoms with Crippen molar-refractivity contribution < 1.29 is 5.11 Å². The van der Waals surface area contributed by atoms with Crippen LogP contribution in [-0.2, 0) is 0 Å². The third kappa shape index (κ3) is 5.86. The van der Waals surface area contributed by atoms with E-state index >= 15 is 0 Å². The van der Waals surface area contributed by atoms with Gasteiger partial charge in [0.1, 0.15) is 0 Å². The standard InChI is InChI=1S/C14H29NO/c1-3-14(16)8-5-9-15-11-13-7-4-6-12(2)10-13/h12-16H,3-11H2,1-2H3. The van der Waals surface area contributed by atoms with Gasteiger partial charge in [0.2, 0.25) is 0 Å². The molecular formula is C14H29NO. The molecule has 3 atom stereocenters. The van der Waals surface area contributed by atoms with Crippen molar-refractivity contribution >= 4 is 0 Å². The third-order valence-corrected chi connectivity index (χ3v) is 3.84. The summed E-state index contributed by atoms with van der Waals surface area (Å²) in [5.74, 6) is 1.84. The first-order valence-electron chi connectivity index (χ1n) is 7.11. The number of aliphatic hydroxyl groups excluding tert-OH is 1. The molecule has 3 unspecified atom stereocenters. The van der Waals surface area contributed by atoms with Gasteiger partial charge in [-0.05, 0) is 57.0 Å². The normalized spacial score (nSPS) is 27.9. The third-order valence-electron chi connectivity index (χ3n) is 3.84. The fraction of sp³-hybridized carbons (Fsp3) is 1.00. The lowest BCUT2D eigenvalue weighted by molar-refractivity contribution is 0.157. The maximum Gasteiger partial charge on any atom is 0.0538 e. The van der Waals surface area contributed by atoms with Crippen molar-refractivity contribution in [2.75, 3.05) is 13.1 Å². The van der Waals surface area contributed by atoms with Crippen molar-refractivity contribution in [1.82, 2.24) is 5.32 Å². The van der Waals surface area contributed by atoms with E-state index in [4.69, 9.17) is 0 Å². The van der Waals surface area contributed by atoms with Gasteiger partial charge >= 0.3 is 0 Å². The van der Waals surface area contributed by atoms with E-state index in [1.165, 1.54) is 32.2 Å². The number of hydrogen-bond donors (Lipinski definition) is 2. The lowest BCUT2D eigenvalue weighted by Gasteiger charge is -2.26. The molecule has 0 spiro atoms. The molecule has 1 aliphatic carbocycles. The summed E-state index contributed by atoms with van der Waals surface area (Å²) < 4.78 is 0. The second-order valence-corrected chi connectivity index (χ2v) is 5.55. The quantitative estimate of drug-likeness (QED) is 0.655. The maximum absolute atomic E-state index is 9.41. The van der Waals surface area contributed by atoms with Crippen LogP contribution in [0.1, 0.15) is 58.8 Å². The number of aliphatic hydroxyl groups is 1. The van der Waals surface area contributed by atoms with Crippen LogP contribution >= 0.6 is 0 Å². The zero-order chi connectivity index (χ0) is 11.8. The van der Waals surface area contributed by atoms with Crippen molar-refractivity contribution in [2.24, 2.45) is 11.8 Å². The number of nitrogens with one attached hydrogen (secondary N) is 1. The Morgan fingerprint density at radius 2 is 2.19 bits per heavy atom. The molecule has 0 radical (unpaired) electrons. The highest BCUT2D eigenvalue weighted by molar-refractivity contribution is 4.72. The van der Waals surface area contributed by atoms with Crippen molar-refractivity contribution in [3.63, 3.8) is 0 Å². The predicted octanol–water partition coefficient (Wildman–Crippen LogP) is 2.95. The zero-order valence-electron chi connectivity index (χ0n) is 11.0. The summed E-state index contributed by atoms with van der Waals surface area (Å²) >= 11 is 0. The van der Waals surface area contributed by atoms with Gasteiger partial charge in [-0.2, -0.15) is 0 Å². The molecule has 2 N–H and O–H groups in total. The summed E-state index contributed by atoms with van der Waals surface area (Å²) in [5.41, 5.74) is 0. The van der Waals surface area contributed by atoms with Gasteiger partial charge in [0, 0.05) is 0 Å². The van der Waals surface area contributed by atoms with Gasteiger partial charge in [0.15, 0.2) is 0 Å². The number of rotatable bonds is 7. The molecule has 1 rings (SSSR count). The molecule has 0 aromatic heterocycles. The molecule has 2 heteroatoms. The smallest absolute Gasteiger partial charge is 0.0538 e. The van der Waals surface area contributed by atoms with Gasteiger partial charge in [0.25, 0.3) is 0 Å². The van der Waals surface area contributed by atoms with Gasteiger partial charge in [-0.1, -0.05) is 26.7 Å². The minimum absolute atomic E-state index is 0.0866. The Morgan fingerprint density at radius 1 is 1.38 bits per heavy atom. The van der Waals surface area contributed by atoms with Crippen LogP contribution in [0.25, 0.3) is 0 Å². The van der Waals surface area contributed by atoms with E-state index in [1.807, 2.05) is 6.92 Å². The monoisotopic (exact) mass is 227 g/mol. The van der Waals surface area contributed by atoms with Crippen molar-refractivity contribution in [2.45, 2.75) is 64.9 Å². The Labute approximate surface area is 101 Å². The van der Waals surface area contributed by atoms with E-state index in [1.54, 1.807) is 0 Å². The van der Waals surface area contributed by atoms with Gasteiger partial charge in [0.05, 0.1) is 6.10 Å². The minimum Gasteiger partial charge on any atom is -0.393 e. The Balaban J connectivity index is 1.94. The van der Waals surface area contributed by atoms with Gasteiger partial charge < -0.3 is 10.4 Å². The Kier molecular flexibility index (Phi) is 7.06. The zero-order valence-corrected chi connectivity index (χ0v) is 11.0. The fourth-order valence-electron chi connectivity index (χ4n) is 2.72. The Bertz CT molecular complexity index is 172. The molecule has 1 saturated carbocycles. The van der Waals surface area contributed by atoms with Crippen LogP contribution in [0.15, 0.2) is 0 Å². The molecule has 16 heavy (non-hydrogen) atoms. The minimum atomic E-state index is -0.0866. The van der Waals surface area contributed by atoms with Crippen molar-refractivity contribution in [3.05, 3.63) is 0 Å². The van der Waals surface area contributed by atoms with E-state index in [0.717, 1.165) is 37.6 Å². The average molecular weight is 227 g/mol. The van der Waals surface area contributed by atoms with E-state index in [9.17, 15) is 5.11 Å². The summed E-state index contributed by atoms with van der Waals surface area (Å²) in [5, 5.41) is 13.0. The largest absolute Gasteiger partial charge is 0.393 e. The second kappa shape index (κ2) is 8.08. The van der Waals surface area contributed by atoms with Crippen LogP contribution in [-0.4, -0.2) is 24.3 Å². The summed E-state index contributed by atoms with van der Waals surface area (Å²) in [4.78, 5) is 0. The van der Waals surface area contributed by atoms with Crippen LogP contribution in [0, 0.1) is 11.8 Å². The first-order valence-corrected chi connectivity index (χ1v) is 7.11. The highest BCUT2D eigenvalue weighted by Gasteiger charge is 2.17. The summed E-state index contributed by atoms with van der Waals surface area (Å²) in [6.07, 6.45) is 8.53. The fourth-order valence-corrected chi connectivity index (χ4v) is 2.72. The van der Waals surface area contributed by atoms with E-state index in [-0.39, 0.29) is 6.10 Å².